The van der Waals surface area contributed by atoms with Gasteiger partial charge in [-0.05, 0) is 71.8 Å². The number of carbonyl (C=O) groups is 1. The molecule has 0 saturated carbocycles. The predicted octanol–water partition coefficient (Wildman–Crippen LogP) is 4.07. The summed E-state index contributed by atoms with van der Waals surface area (Å²) in [6, 6.07) is 10.1. The van der Waals surface area contributed by atoms with E-state index in [1.807, 2.05) is 12.1 Å². The van der Waals surface area contributed by atoms with Crippen molar-refractivity contribution in [2.45, 2.75) is 19.9 Å². The lowest BCUT2D eigenvalue weighted by atomic mass is 9.96. The number of aromatic nitrogens is 1. The van der Waals surface area contributed by atoms with E-state index in [9.17, 15) is 9.59 Å². The third kappa shape index (κ3) is 4.76. The van der Waals surface area contributed by atoms with Gasteiger partial charge in [0.1, 0.15) is 6.04 Å². The van der Waals surface area contributed by atoms with Crippen LogP contribution in [0.25, 0.3) is 6.08 Å². The Kier molecular flexibility index (Phi) is 7.67. The van der Waals surface area contributed by atoms with Gasteiger partial charge in [0, 0.05) is 5.02 Å². The van der Waals surface area contributed by atoms with Crippen LogP contribution in [0.2, 0.25) is 5.02 Å². The molecule has 0 fully saturated rings. The Balaban J connectivity index is 1.96. The van der Waals surface area contributed by atoms with Gasteiger partial charge in [0.05, 0.1) is 40.2 Å². The van der Waals surface area contributed by atoms with Gasteiger partial charge in [0.2, 0.25) is 0 Å². The number of thiazole rings is 1. The first kappa shape index (κ1) is 25.5. The number of hydrogen-bond acceptors (Lipinski definition) is 7. The summed E-state index contributed by atoms with van der Waals surface area (Å²) in [4.78, 5) is 31.7. The zero-order chi connectivity index (χ0) is 25.3. The Morgan fingerprint density at radius 3 is 2.66 bits per heavy atom. The topological polar surface area (TPSA) is 79.1 Å². The maximum Gasteiger partial charge on any atom is 0.338 e. The molecule has 0 bridgehead atoms. The van der Waals surface area contributed by atoms with Crippen LogP contribution in [-0.4, -0.2) is 31.4 Å². The van der Waals surface area contributed by atoms with E-state index in [1.54, 1.807) is 58.4 Å². The fourth-order valence-electron chi connectivity index (χ4n) is 3.96. The second-order valence-electron chi connectivity index (χ2n) is 7.56. The average molecular weight is 625 g/mol. The van der Waals surface area contributed by atoms with Crippen LogP contribution < -0.4 is 24.4 Å². The van der Waals surface area contributed by atoms with Crippen LogP contribution in [-0.2, 0) is 9.53 Å². The molecule has 4 rings (SSSR count). The van der Waals surface area contributed by atoms with Crippen molar-refractivity contribution in [3.05, 3.63) is 87.1 Å². The van der Waals surface area contributed by atoms with Crippen LogP contribution in [0, 0.1) is 3.57 Å². The number of carbonyl (C=O) groups excluding carboxylic acids is 1. The van der Waals surface area contributed by atoms with Crippen LogP contribution in [0.15, 0.2) is 57.5 Å². The Bertz CT molecular complexity index is 1530. The van der Waals surface area contributed by atoms with Gasteiger partial charge in [-0.3, -0.25) is 9.36 Å². The average Bonchev–Trinajstić information content (AvgIpc) is 3.12. The molecule has 2 heterocycles. The lowest BCUT2D eigenvalue weighted by molar-refractivity contribution is -0.139. The minimum atomic E-state index is -0.758. The first-order chi connectivity index (χ1) is 16.8. The van der Waals surface area contributed by atoms with Crippen molar-refractivity contribution in [1.82, 2.24) is 4.57 Å². The summed E-state index contributed by atoms with van der Waals surface area (Å²) in [5, 5.41) is 0.443. The zero-order valence-electron chi connectivity index (χ0n) is 19.4. The highest BCUT2D eigenvalue weighted by atomic mass is 127. The van der Waals surface area contributed by atoms with Crippen molar-refractivity contribution < 1.29 is 19.0 Å². The van der Waals surface area contributed by atoms with Crippen LogP contribution in [0.5, 0.6) is 11.5 Å². The van der Waals surface area contributed by atoms with Crippen molar-refractivity contribution in [2.24, 2.45) is 4.99 Å². The number of rotatable bonds is 6. The van der Waals surface area contributed by atoms with Crippen LogP contribution in [0.4, 0.5) is 0 Å². The smallest absolute Gasteiger partial charge is 0.338 e. The molecule has 1 aromatic heterocycles. The minimum absolute atomic E-state index is 0.202. The number of methoxy groups -OCH3 is 2. The molecule has 10 heteroatoms. The Morgan fingerprint density at radius 2 is 2.00 bits per heavy atom. The van der Waals surface area contributed by atoms with Gasteiger partial charge in [-0.2, -0.15) is 0 Å². The van der Waals surface area contributed by atoms with E-state index in [1.165, 1.54) is 15.9 Å². The third-order valence-corrected chi connectivity index (χ3v) is 7.60. The van der Waals surface area contributed by atoms with Crippen LogP contribution in [0.3, 0.4) is 0 Å². The lowest BCUT2D eigenvalue weighted by Crippen LogP contribution is -2.40. The van der Waals surface area contributed by atoms with E-state index in [-0.39, 0.29) is 12.2 Å². The molecular formula is C25H22ClIN2O5S. The van der Waals surface area contributed by atoms with Gasteiger partial charge in [-0.25, -0.2) is 9.79 Å². The van der Waals surface area contributed by atoms with E-state index < -0.39 is 12.0 Å². The number of fused-ring (bicyclic) bond motifs is 1. The van der Waals surface area contributed by atoms with Crippen LogP contribution >= 0.6 is 45.5 Å². The SMILES string of the molecule is CCOC(=O)C1=C(C)N=c2s/c(=C\c3cc(I)c(OC)c(OC)c3)c(=O)n2C1c1ccccc1Cl. The fourth-order valence-corrected chi connectivity index (χ4v) is 6.09. The highest BCUT2D eigenvalue weighted by Crippen LogP contribution is 2.35. The van der Waals surface area contributed by atoms with E-state index >= 15 is 0 Å². The number of nitrogens with zero attached hydrogens (tertiary/aromatic N) is 2. The largest absolute Gasteiger partial charge is 0.493 e. The molecule has 1 unspecified atom stereocenters. The summed E-state index contributed by atoms with van der Waals surface area (Å²) in [5.41, 5.74) is 1.90. The van der Waals surface area contributed by atoms with Gasteiger partial charge in [0.15, 0.2) is 16.3 Å². The highest BCUT2D eigenvalue weighted by Gasteiger charge is 2.34. The van der Waals surface area contributed by atoms with E-state index in [0.717, 1.165) is 9.13 Å². The second kappa shape index (κ2) is 10.5. The van der Waals surface area contributed by atoms with Gasteiger partial charge < -0.3 is 14.2 Å². The summed E-state index contributed by atoms with van der Waals surface area (Å²) >= 11 is 9.94. The molecule has 0 saturated heterocycles. The normalized spacial score (nSPS) is 15.5. The molecule has 0 N–H and O–H groups in total. The number of ether oxygens (including phenoxy) is 3. The van der Waals surface area contributed by atoms with Gasteiger partial charge >= 0.3 is 5.97 Å². The number of hydrogen-bond donors (Lipinski definition) is 0. The summed E-state index contributed by atoms with van der Waals surface area (Å²) in [6.07, 6.45) is 1.78. The zero-order valence-corrected chi connectivity index (χ0v) is 23.2. The Labute approximate surface area is 224 Å². The molecule has 0 spiro atoms. The number of halogens is 2. The van der Waals surface area contributed by atoms with Crippen molar-refractivity contribution in [2.75, 3.05) is 20.8 Å². The molecule has 35 heavy (non-hydrogen) atoms. The summed E-state index contributed by atoms with van der Waals surface area (Å²) in [7, 11) is 3.14. The van der Waals surface area contributed by atoms with Gasteiger partial charge in [-0.15, -0.1) is 0 Å². The molecule has 182 valence electrons. The van der Waals surface area contributed by atoms with Gasteiger partial charge in [-0.1, -0.05) is 41.1 Å². The van der Waals surface area contributed by atoms with Crippen molar-refractivity contribution in [3.63, 3.8) is 0 Å². The summed E-state index contributed by atoms with van der Waals surface area (Å²) < 4.78 is 19.0. The molecule has 0 amide bonds. The minimum Gasteiger partial charge on any atom is -0.493 e. The van der Waals surface area contributed by atoms with Crippen molar-refractivity contribution in [1.29, 1.82) is 0 Å². The van der Waals surface area contributed by atoms with E-state index in [2.05, 4.69) is 27.6 Å². The van der Waals surface area contributed by atoms with E-state index in [0.29, 0.717) is 42.7 Å². The maximum atomic E-state index is 13.7. The molecule has 0 radical (unpaired) electrons. The fraction of sp³-hybridized carbons (Fsp3) is 0.240. The number of benzene rings is 2. The first-order valence-electron chi connectivity index (χ1n) is 10.7. The molecule has 7 nitrogen and oxygen atoms in total. The molecular weight excluding hydrogens is 603 g/mol. The quantitative estimate of drug-likeness (QED) is 0.305. The summed E-state index contributed by atoms with van der Waals surface area (Å²) in [5.74, 6) is 0.662. The predicted molar refractivity (Wildman–Crippen MR) is 144 cm³/mol. The highest BCUT2D eigenvalue weighted by molar-refractivity contribution is 14.1. The number of allylic oxidation sites excluding steroid dienone is 1. The first-order valence-corrected chi connectivity index (χ1v) is 12.9. The number of esters is 1. The lowest BCUT2D eigenvalue weighted by Gasteiger charge is -2.25. The standard InChI is InChI=1S/C25H22ClIN2O5S/c1-5-34-24(31)20-13(2)28-25-29(21(20)15-8-6-7-9-16(15)26)23(30)19(35-25)12-14-10-17(27)22(33-4)18(11-14)32-3/h6-12,21H,5H2,1-4H3/b19-12-. The van der Waals surface area contributed by atoms with Crippen molar-refractivity contribution >= 4 is 57.6 Å². The van der Waals surface area contributed by atoms with Gasteiger partial charge in [0.25, 0.3) is 5.56 Å². The molecule has 1 aliphatic rings. The molecule has 3 aromatic rings. The molecule has 2 aromatic carbocycles. The maximum absolute atomic E-state index is 13.7. The Hall–Kier alpha value is -2.63. The molecule has 1 atom stereocenters. The molecule has 0 aliphatic carbocycles. The van der Waals surface area contributed by atoms with Crippen LogP contribution in [0.1, 0.15) is 31.0 Å². The monoisotopic (exact) mass is 624 g/mol. The van der Waals surface area contributed by atoms with E-state index in [4.69, 9.17) is 25.8 Å². The third-order valence-electron chi connectivity index (χ3n) is 5.47. The molecule has 1 aliphatic heterocycles. The Morgan fingerprint density at radius 1 is 1.26 bits per heavy atom. The van der Waals surface area contributed by atoms with Crippen molar-refractivity contribution in [3.8, 4) is 11.5 Å². The second-order valence-corrected chi connectivity index (χ2v) is 10.1. The summed E-state index contributed by atoms with van der Waals surface area (Å²) in [6.45, 7) is 3.68.